The normalized spacial score (nSPS) is 16.5. The lowest BCUT2D eigenvalue weighted by atomic mass is 9.94. The van der Waals surface area contributed by atoms with Gasteiger partial charge >= 0.3 is 12.4 Å². The molecule has 1 aliphatic heterocycles. The molecule has 1 fully saturated rings. The minimum Gasteiger partial charge on any atom is -0.341 e. The summed E-state index contributed by atoms with van der Waals surface area (Å²) >= 11 is 0. The summed E-state index contributed by atoms with van der Waals surface area (Å²) in [6.45, 7) is 0.177. The number of nitrogens with zero attached hydrogens (tertiary/aromatic N) is 2. The second kappa shape index (κ2) is 5.77. The van der Waals surface area contributed by atoms with Crippen LogP contribution in [0.3, 0.4) is 0 Å². The average Bonchev–Trinajstić information content (AvgIpc) is 2.33. The zero-order valence-corrected chi connectivity index (χ0v) is 11.2. The fourth-order valence-electron chi connectivity index (χ4n) is 2.12. The minimum absolute atomic E-state index is 0.0883. The predicted molar refractivity (Wildman–Crippen MR) is 63.8 cm³/mol. The maximum atomic E-state index is 12.6. The van der Waals surface area contributed by atoms with Crippen molar-refractivity contribution in [1.29, 1.82) is 0 Å². The van der Waals surface area contributed by atoms with Crippen LogP contribution < -0.4 is 0 Å². The Morgan fingerprint density at radius 3 is 2.41 bits per heavy atom. The highest BCUT2D eigenvalue weighted by Crippen LogP contribution is 2.33. The van der Waals surface area contributed by atoms with E-state index in [4.69, 9.17) is 0 Å². The molecular weight excluding hydrogens is 314 g/mol. The zero-order chi connectivity index (χ0) is 16.5. The van der Waals surface area contributed by atoms with Crippen molar-refractivity contribution in [1.82, 2.24) is 9.88 Å². The molecule has 1 aromatic heterocycles. The molecule has 0 aromatic carbocycles. The average molecular weight is 326 g/mol. The van der Waals surface area contributed by atoms with Gasteiger partial charge in [0, 0.05) is 37.3 Å². The first kappa shape index (κ1) is 16.6. The summed E-state index contributed by atoms with van der Waals surface area (Å²) in [4.78, 5) is 16.5. The van der Waals surface area contributed by atoms with Crippen LogP contribution in [0, 0.1) is 0 Å². The Morgan fingerprint density at radius 1 is 1.23 bits per heavy atom. The Morgan fingerprint density at radius 2 is 1.86 bits per heavy atom. The van der Waals surface area contributed by atoms with Crippen LogP contribution in [-0.4, -0.2) is 35.1 Å². The number of pyridine rings is 1. The molecule has 2 rings (SSSR count). The molecule has 0 radical (unpaired) electrons. The molecule has 0 atom stereocenters. The van der Waals surface area contributed by atoms with Gasteiger partial charge in [-0.15, -0.1) is 0 Å². The van der Waals surface area contributed by atoms with Crippen molar-refractivity contribution in [2.24, 2.45) is 0 Å². The topological polar surface area (TPSA) is 33.2 Å². The summed E-state index contributed by atoms with van der Waals surface area (Å²) in [7, 11) is 0. The van der Waals surface area contributed by atoms with E-state index >= 15 is 0 Å². The number of likely N-dealkylation sites (tertiary alicyclic amines) is 1. The van der Waals surface area contributed by atoms with Gasteiger partial charge in [0.05, 0.1) is 12.0 Å². The molecule has 0 spiro atoms. The number of carbonyl (C=O) groups excluding carboxylic acids is 1. The number of halogens is 6. The first-order valence-electron chi connectivity index (χ1n) is 6.44. The Kier molecular flexibility index (Phi) is 4.35. The van der Waals surface area contributed by atoms with Crippen LogP contribution >= 0.6 is 0 Å². The Balaban J connectivity index is 1.90. The van der Waals surface area contributed by atoms with Crippen molar-refractivity contribution < 1.29 is 31.1 Å². The summed E-state index contributed by atoms with van der Waals surface area (Å²) in [5.74, 6) is -1.03. The highest BCUT2D eigenvalue weighted by molar-refractivity contribution is 5.77. The van der Waals surface area contributed by atoms with Gasteiger partial charge in [-0.3, -0.25) is 9.78 Å². The third-order valence-corrected chi connectivity index (χ3v) is 3.38. The molecule has 2 heterocycles. The summed E-state index contributed by atoms with van der Waals surface area (Å²) in [5.41, 5.74) is -0.644. The molecule has 9 heteroatoms. The molecule has 1 amide bonds. The first-order chi connectivity index (χ1) is 10.1. The van der Waals surface area contributed by atoms with Gasteiger partial charge < -0.3 is 4.90 Å². The van der Waals surface area contributed by atoms with E-state index < -0.39 is 36.7 Å². The van der Waals surface area contributed by atoms with Crippen LogP contribution in [0.15, 0.2) is 18.3 Å². The first-order valence-corrected chi connectivity index (χ1v) is 6.44. The van der Waals surface area contributed by atoms with Crippen LogP contribution in [0.4, 0.5) is 26.3 Å². The second-order valence-electron chi connectivity index (χ2n) is 5.08. The van der Waals surface area contributed by atoms with Gasteiger partial charge in [-0.25, -0.2) is 0 Å². The van der Waals surface area contributed by atoms with Crippen LogP contribution in [0.2, 0.25) is 0 Å². The van der Waals surface area contributed by atoms with Gasteiger partial charge in [0.1, 0.15) is 0 Å². The lowest BCUT2D eigenvalue weighted by Crippen LogP contribution is -2.48. The highest BCUT2D eigenvalue weighted by atomic mass is 19.4. The van der Waals surface area contributed by atoms with E-state index in [-0.39, 0.29) is 24.7 Å². The molecule has 0 bridgehead atoms. The van der Waals surface area contributed by atoms with Gasteiger partial charge in [-0.1, -0.05) is 0 Å². The number of carbonyl (C=O) groups is 1. The molecule has 1 aliphatic rings. The predicted octanol–water partition coefficient (Wildman–Crippen LogP) is 3.37. The molecule has 1 aromatic rings. The molecule has 3 nitrogen and oxygen atoms in total. The quantitative estimate of drug-likeness (QED) is 0.798. The van der Waals surface area contributed by atoms with E-state index in [1.807, 2.05) is 0 Å². The largest absolute Gasteiger partial charge is 0.416 e. The molecule has 0 saturated carbocycles. The van der Waals surface area contributed by atoms with Crippen molar-refractivity contribution in [2.45, 2.75) is 31.1 Å². The van der Waals surface area contributed by atoms with Crippen molar-refractivity contribution in [2.75, 3.05) is 13.1 Å². The monoisotopic (exact) mass is 326 g/mol. The smallest absolute Gasteiger partial charge is 0.341 e. The van der Waals surface area contributed by atoms with Gasteiger partial charge in [0.2, 0.25) is 5.91 Å². The third-order valence-electron chi connectivity index (χ3n) is 3.38. The van der Waals surface area contributed by atoms with Crippen molar-refractivity contribution >= 4 is 5.91 Å². The van der Waals surface area contributed by atoms with Crippen LogP contribution in [0.25, 0.3) is 0 Å². The third kappa shape index (κ3) is 4.11. The molecule has 1 saturated heterocycles. The molecule has 122 valence electrons. The summed E-state index contributed by atoms with van der Waals surface area (Å²) in [6, 6.07) is 1.75. The van der Waals surface area contributed by atoms with E-state index in [0.717, 1.165) is 18.3 Å². The maximum absolute atomic E-state index is 12.6. The SMILES string of the molecule is O=C(CCC(F)(F)F)N1CC(c2cc(C(F)(F)F)ccn2)C1. The standard InChI is InChI=1S/C13H12F6N2O/c14-12(15,16)3-1-11(22)21-6-8(7-21)10-5-9(2-4-20-10)13(17,18)19/h2,4-5,8H,1,3,6-7H2. The summed E-state index contributed by atoms with van der Waals surface area (Å²) in [6.07, 6.45) is -9.69. The van der Waals surface area contributed by atoms with Crippen LogP contribution in [0.5, 0.6) is 0 Å². The molecule has 0 unspecified atom stereocenters. The second-order valence-corrected chi connectivity index (χ2v) is 5.08. The maximum Gasteiger partial charge on any atom is 0.416 e. The lowest BCUT2D eigenvalue weighted by molar-refractivity contribution is -0.151. The molecule has 22 heavy (non-hydrogen) atoms. The fourth-order valence-corrected chi connectivity index (χ4v) is 2.12. The number of aromatic nitrogens is 1. The fraction of sp³-hybridized carbons (Fsp3) is 0.538. The van der Waals surface area contributed by atoms with Crippen molar-refractivity contribution in [3.05, 3.63) is 29.6 Å². The number of hydrogen-bond donors (Lipinski definition) is 0. The van der Waals surface area contributed by atoms with Crippen LogP contribution in [0.1, 0.15) is 30.0 Å². The number of alkyl halides is 6. The van der Waals surface area contributed by atoms with Gasteiger partial charge in [-0.05, 0) is 12.1 Å². The Hall–Kier alpha value is -1.80. The van der Waals surface area contributed by atoms with Gasteiger partial charge in [-0.2, -0.15) is 26.3 Å². The Bertz CT molecular complexity index is 548. The van der Waals surface area contributed by atoms with E-state index in [9.17, 15) is 31.1 Å². The van der Waals surface area contributed by atoms with E-state index in [1.165, 1.54) is 4.90 Å². The lowest BCUT2D eigenvalue weighted by Gasteiger charge is -2.39. The van der Waals surface area contributed by atoms with E-state index in [2.05, 4.69) is 4.98 Å². The highest BCUT2D eigenvalue weighted by Gasteiger charge is 2.37. The molecule has 0 aliphatic carbocycles. The minimum atomic E-state index is -4.48. The molecular formula is C13H12F6N2O. The van der Waals surface area contributed by atoms with E-state index in [1.54, 1.807) is 0 Å². The van der Waals surface area contributed by atoms with E-state index in [0.29, 0.717) is 0 Å². The zero-order valence-electron chi connectivity index (χ0n) is 11.2. The van der Waals surface area contributed by atoms with Crippen LogP contribution in [-0.2, 0) is 11.0 Å². The number of amides is 1. The van der Waals surface area contributed by atoms with Gasteiger partial charge in [0.25, 0.3) is 0 Å². The van der Waals surface area contributed by atoms with Gasteiger partial charge in [0.15, 0.2) is 0 Å². The van der Waals surface area contributed by atoms with Crippen molar-refractivity contribution in [3.63, 3.8) is 0 Å². The summed E-state index contributed by atoms with van der Waals surface area (Å²) < 4.78 is 73.7. The summed E-state index contributed by atoms with van der Waals surface area (Å²) in [5, 5.41) is 0. The number of rotatable bonds is 3. The van der Waals surface area contributed by atoms with Crippen molar-refractivity contribution in [3.8, 4) is 0 Å². The Labute approximate surface area is 121 Å². The number of hydrogen-bond acceptors (Lipinski definition) is 2. The molecule has 0 N–H and O–H groups in total.